The number of rotatable bonds is 3. The van der Waals surface area contributed by atoms with Crippen molar-refractivity contribution < 1.29 is 0 Å². The van der Waals surface area contributed by atoms with E-state index in [1.54, 1.807) is 0 Å². The molecule has 0 amide bonds. The van der Waals surface area contributed by atoms with Gasteiger partial charge in [-0.3, -0.25) is 0 Å². The number of hydrogen-bond acceptors (Lipinski definition) is 5. The molecule has 2 aliphatic rings. The van der Waals surface area contributed by atoms with Crippen molar-refractivity contribution >= 4 is 5.82 Å². The molecular weight excluding hydrogens is 288 g/mol. The number of nitrogens with zero attached hydrogens (tertiary/aromatic N) is 6. The highest BCUT2D eigenvalue weighted by molar-refractivity contribution is 5.45. The van der Waals surface area contributed by atoms with Crippen LogP contribution in [0.5, 0.6) is 0 Å². The van der Waals surface area contributed by atoms with Crippen molar-refractivity contribution in [1.29, 1.82) is 5.26 Å². The topological polar surface area (TPSA) is 70.6 Å². The van der Waals surface area contributed by atoms with Crippen molar-refractivity contribution in [1.82, 2.24) is 19.7 Å². The van der Waals surface area contributed by atoms with Gasteiger partial charge in [-0.1, -0.05) is 6.07 Å². The molecule has 6 nitrogen and oxygen atoms in total. The summed E-state index contributed by atoms with van der Waals surface area (Å²) in [6, 6.07) is 6.81. The van der Waals surface area contributed by atoms with Gasteiger partial charge >= 0.3 is 0 Å². The predicted molar refractivity (Wildman–Crippen MR) is 86.2 cm³/mol. The maximum absolute atomic E-state index is 9.15. The lowest BCUT2D eigenvalue weighted by Crippen LogP contribution is -2.34. The van der Waals surface area contributed by atoms with Crippen molar-refractivity contribution in [2.75, 3.05) is 18.0 Å². The molecule has 0 atom stereocenters. The summed E-state index contributed by atoms with van der Waals surface area (Å²) in [4.78, 5) is 6.76. The minimum absolute atomic E-state index is 0.482. The maximum Gasteiger partial charge on any atom is 0.145 e. The molecule has 1 aliphatic carbocycles. The number of nitriles is 1. The van der Waals surface area contributed by atoms with Crippen molar-refractivity contribution in [3.8, 4) is 6.07 Å². The first-order valence-electron chi connectivity index (χ1n) is 8.28. The molecule has 23 heavy (non-hydrogen) atoms. The Bertz CT molecular complexity index is 747. The third kappa shape index (κ3) is 2.67. The summed E-state index contributed by atoms with van der Waals surface area (Å²) in [5.41, 5.74) is 1.46. The number of anilines is 1. The van der Waals surface area contributed by atoms with Gasteiger partial charge in [0.2, 0.25) is 0 Å². The van der Waals surface area contributed by atoms with Gasteiger partial charge in [0, 0.05) is 25.0 Å². The van der Waals surface area contributed by atoms with E-state index in [1.807, 2.05) is 25.4 Å². The van der Waals surface area contributed by atoms with Crippen LogP contribution in [0.1, 0.15) is 54.7 Å². The first-order chi connectivity index (χ1) is 11.3. The Labute approximate surface area is 135 Å². The van der Waals surface area contributed by atoms with Crippen LogP contribution in [-0.4, -0.2) is 32.8 Å². The molecule has 2 aromatic heterocycles. The highest BCUT2D eigenvalue weighted by Gasteiger charge is 2.31. The molecule has 0 aromatic carbocycles. The van der Waals surface area contributed by atoms with E-state index in [9.17, 15) is 0 Å². The van der Waals surface area contributed by atoms with Crippen LogP contribution >= 0.6 is 0 Å². The molecule has 0 spiro atoms. The van der Waals surface area contributed by atoms with Crippen LogP contribution in [0.15, 0.2) is 18.5 Å². The third-order valence-electron chi connectivity index (χ3n) is 4.91. The lowest BCUT2D eigenvalue weighted by atomic mass is 9.95. The molecule has 2 aromatic rings. The van der Waals surface area contributed by atoms with Crippen molar-refractivity contribution in [2.24, 2.45) is 0 Å². The molecule has 118 valence electrons. The van der Waals surface area contributed by atoms with Gasteiger partial charge in [0.15, 0.2) is 0 Å². The number of piperidine rings is 1. The number of aryl methyl sites for hydroxylation is 1. The Morgan fingerprint density at radius 2 is 1.96 bits per heavy atom. The second-order valence-corrected chi connectivity index (χ2v) is 6.54. The van der Waals surface area contributed by atoms with Crippen molar-refractivity contribution in [3.05, 3.63) is 35.5 Å². The van der Waals surface area contributed by atoms with Gasteiger partial charge in [-0.2, -0.15) is 5.26 Å². The summed E-state index contributed by atoms with van der Waals surface area (Å²) in [6.45, 7) is 3.82. The first kappa shape index (κ1) is 14.2. The fraction of sp³-hybridized carbons (Fsp3) is 0.529. The van der Waals surface area contributed by atoms with E-state index in [0.717, 1.165) is 43.1 Å². The molecule has 2 fully saturated rings. The average Bonchev–Trinajstić information content (AvgIpc) is 3.32. The Morgan fingerprint density at radius 1 is 1.17 bits per heavy atom. The molecular formula is C17H20N6. The van der Waals surface area contributed by atoms with E-state index in [-0.39, 0.29) is 0 Å². The predicted octanol–water partition coefficient (Wildman–Crippen LogP) is 2.57. The molecule has 0 unspecified atom stereocenters. The molecule has 4 rings (SSSR count). The van der Waals surface area contributed by atoms with Gasteiger partial charge in [0.25, 0.3) is 0 Å². The largest absolute Gasteiger partial charge is 0.357 e. The van der Waals surface area contributed by atoms with Crippen LogP contribution in [0.3, 0.4) is 0 Å². The van der Waals surface area contributed by atoms with E-state index < -0.39 is 0 Å². The lowest BCUT2D eigenvalue weighted by Gasteiger charge is -2.32. The molecule has 1 saturated carbocycles. The smallest absolute Gasteiger partial charge is 0.145 e. The van der Waals surface area contributed by atoms with E-state index >= 15 is 0 Å². The van der Waals surface area contributed by atoms with Crippen LogP contribution in [0.2, 0.25) is 0 Å². The standard InChI is InChI=1S/C17H20N6/c1-12-2-5-16(20-15(12)10-18)22-8-6-13(7-9-22)17-21-19-11-23(17)14-3-4-14/h2,5,11,13-14H,3-4,6-9H2,1H3. The minimum atomic E-state index is 0.482. The fourth-order valence-corrected chi connectivity index (χ4v) is 3.35. The third-order valence-corrected chi connectivity index (χ3v) is 4.91. The van der Waals surface area contributed by atoms with Crippen LogP contribution in [0.4, 0.5) is 5.82 Å². The van der Waals surface area contributed by atoms with Gasteiger partial charge in [-0.05, 0) is 44.2 Å². The quantitative estimate of drug-likeness (QED) is 0.871. The summed E-state index contributed by atoms with van der Waals surface area (Å²) in [7, 11) is 0. The average molecular weight is 308 g/mol. The Kier molecular flexibility index (Phi) is 3.49. The summed E-state index contributed by atoms with van der Waals surface area (Å²) in [5.74, 6) is 2.55. The zero-order valence-electron chi connectivity index (χ0n) is 13.3. The van der Waals surface area contributed by atoms with Gasteiger partial charge < -0.3 is 9.47 Å². The van der Waals surface area contributed by atoms with Crippen molar-refractivity contribution in [2.45, 2.75) is 44.6 Å². The van der Waals surface area contributed by atoms with Crippen LogP contribution in [-0.2, 0) is 0 Å². The normalized spacial score (nSPS) is 18.9. The zero-order valence-corrected chi connectivity index (χ0v) is 13.3. The zero-order chi connectivity index (χ0) is 15.8. The van der Waals surface area contributed by atoms with Crippen LogP contribution in [0, 0.1) is 18.3 Å². The molecule has 0 N–H and O–H groups in total. The summed E-state index contributed by atoms with van der Waals surface area (Å²) < 4.78 is 2.28. The minimum Gasteiger partial charge on any atom is -0.357 e. The Morgan fingerprint density at radius 3 is 2.65 bits per heavy atom. The number of hydrogen-bond donors (Lipinski definition) is 0. The summed E-state index contributed by atoms with van der Waals surface area (Å²) >= 11 is 0. The van der Waals surface area contributed by atoms with E-state index in [2.05, 4.69) is 30.7 Å². The molecule has 0 radical (unpaired) electrons. The summed E-state index contributed by atoms with van der Waals surface area (Å²) in [5, 5.41) is 17.6. The van der Waals surface area contributed by atoms with E-state index in [4.69, 9.17) is 5.26 Å². The van der Waals surface area contributed by atoms with E-state index in [1.165, 1.54) is 12.8 Å². The molecule has 0 bridgehead atoms. The van der Waals surface area contributed by atoms with Crippen LogP contribution < -0.4 is 4.90 Å². The lowest BCUT2D eigenvalue weighted by molar-refractivity contribution is 0.463. The second kappa shape index (κ2) is 5.65. The van der Waals surface area contributed by atoms with Crippen LogP contribution in [0.25, 0.3) is 0 Å². The first-order valence-corrected chi connectivity index (χ1v) is 8.28. The maximum atomic E-state index is 9.15. The SMILES string of the molecule is Cc1ccc(N2CCC(c3nncn3C3CC3)CC2)nc1C#N. The van der Waals surface area contributed by atoms with E-state index in [0.29, 0.717) is 17.7 Å². The van der Waals surface area contributed by atoms with Gasteiger partial charge in [0.05, 0.1) is 0 Å². The van der Waals surface area contributed by atoms with Gasteiger partial charge in [-0.25, -0.2) is 4.98 Å². The Balaban J connectivity index is 1.47. The molecule has 6 heteroatoms. The number of pyridine rings is 1. The second-order valence-electron chi connectivity index (χ2n) is 6.54. The number of aromatic nitrogens is 4. The monoisotopic (exact) mass is 308 g/mol. The van der Waals surface area contributed by atoms with Crippen molar-refractivity contribution in [3.63, 3.8) is 0 Å². The molecule has 1 saturated heterocycles. The molecule has 1 aliphatic heterocycles. The highest BCUT2D eigenvalue weighted by atomic mass is 15.3. The fourth-order valence-electron chi connectivity index (χ4n) is 3.35. The van der Waals surface area contributed by atoms with Gasteiger partial charge in [-0.15, -0.1) is 10.2 Å². The van der Waals surface area contributed by atoms with Gasteiger partial charge in [0.1, 0.15) is 29.7 Å². The molecule has 3 heterocycles. The Hall–Kier alpha value is -2.42. The highest BCUT2D eigenvalue weighted by Crippen LogP contribution is 2.38. The summed E-state index contributed by atoms with van der Waals surface area (Å²) in [6.07, 6.45) is 6.52.